The summed E-state index contributed by atoms with van der Waals surface area (Å²) in [5.74, 6) is -0.971. The van der Waals surface area contributed by atoms with Gasteiger partial charge in [-0.2, -0.15) is 0 Å². The molecule has 2 amide bonds. The molecule has 1 aromatic carbocycles. The van der Waals surface area contributed by atoms with Crippen molar-refractivity contribution >= 4 is 46.3 Å². The van der Waals surface area contributed by atoms with Gasteiger partial charge in [-0.25, -0.2) is 4.98 Å². The highest BCUT2D eigenvalue weighted by Gasteiger charge is 2.09. The quantitative estimate of drug-likeness (QED) is 0.505. The number of aromatic nitrogens is 1. The van der Waals surface area contributed by atoms with Gasteiger partial charge in [0, 0.05) is 0 Å². The lowest BCUT2D eigenvalue weighted by Gasteiger charge is -2.03. The molecule has 19 heavy (non-hydrogen) atoms. The van der Waals surface area contributed by atoms with Crippen LogP contribution < -0.4 is 10.9 Å². The second-order valence-corrected chi connectivity index (χ2v) is 4.66. The second-order valence-electron chi connectivity index (χ2n) is 3.47. The normalized spacial score (nSPS) is 10.4. The number of rotatable bonds is 4. The minimum atomic E-state index is -0.470. The van der Waals surface area contributed by atoms with E-state index >= 15 is 0 Å². The standard InChI is InChI=1S/C11H10ClN3O3S/c12-5-9(16)14-15-10(17)6-19-11-13-7-3-1-2-4-8(7)18-11/h1-4H,5-6H2,(H,14,16)(H,15,17). The van der Waals surface area contributed by atoms with Gasteiger partial charge in [0.05, 0.1) is 5.75 Å². The van der Waals surface area contributed by atoms with Crippen molar-refractivity contribution in [1.82, 2.24) is 15.8 Å². The molecule has 0 aliphatic carbocycles. The Hall–Kier alpha value is -1.73. The fraction of sp³-hybridized carbons (Fsp3) is 0.182. The molecule has 0 unspecified atom stereocenters. The Balaban J connectivity index is 1.84. The predicted octanol–water partition coefficient (Wildman–Crippen LogP) is 1.31. The highest BCUT2D eigenvalue weighted by Crippen LogP contribution is 2.22. The molecular weight excluding hydrogens is 290 g/mol. The van der Waals surface area contributed by atoms with E-state index < -0.39 is 5.91 Å². The maximum Gasteiger partial charge on any atom is 0.257 e. The van der Waals surface area contributed by atoms with Gasteiger partial charge >= 0.3 is 0 Å². The van der Waals surface area contributed by atoms with Crippen LogP contribution in [0.1, 0.15) is 0 Å². The van der Waals surface area contributed by atoms with Crippen molar-refractivity contribution in [2.45, 2.75) is 5.22 Å². The van der Waals surface area contributed by atoms with Crippen molar-refractivity contribution in [2.75, 3.05) is 11.6 Å². The predicted molar refractivity (Wildman–Crippen MR) is 71.7 cm³/mol. The molecule has 0 bridgehead atoms. The van der Waals surface area contributed by atoms with Crippen molar-refractivity contribution in [3.63, 3.8) is 0 Å². The van der Waals surface area contributed by atoms with Crippen LogP contribution in [0.2, 0.25) is 0 Å². The Morgan fingerprint density at radius 1 is 1.26 bits per heavy atom. The molecule has 1 aromatic heterocycles. The summed E-state index contributed by atoms with van der Waals surface area (Å²) in [7, 11) is 0. The molecule has 2 rings (SSSR count). The molecule has 8 heteroatoms. The van der Waals surface area contributed by atoms with Crippen molar-refractivity contribution < 1.29 is 14.0 Å². The van der Waals surface area contributed by atoms with Gasteiger partial charge in [-0.1, -0.05) is 23.9 Å². The monoisotopic (exact) mass is 299 g/mol. The summed E-state index contributed by atoms with van der Waals surface area (Å²) in [4.78, 5) is 26.4. The maximum absolute atomic E-state index is 11.4. The highest BCUT2D eigenvalue weighted by atomic mass is 35.5. The molecular formula is C11H10ClN3O3S. The second kappa shape index (κ2) is 6.44. The number of thioether (sulfide) groups is 1. The van der Waals surface area contributed by atoms with Crippen LogP contribution in [0, 0.1) is 0 Å². The number of fused-ring (bicyclic) bond motifs is 1. The average molecular weight is 300 g/mol. The summed E-state index contributed by atoms with van der Waals surface area (Å²) < 4.78 is 5.43. The summed E-state index contributed by atoms with van der Waals surface area (Å²) in [5, 5.41) is 0.403. The van der Waals surface area contributed by atoms with Crippen LogP contribution in [0.25, 0.3) is 11.1 Å². The van der Waals surface area contributed by atoms with E-state index in [4.69, 9.17) is 16.0 Å². The maximum atomic E-state index is 11.4. The van der Waals surface area contributed by atoms with Crippen LogP contribution >= 0.6 is 23.4 Å². The van der Waals surface area contributed by atoms with Crippen LogP contribution in [-0.4, -0.2) is 28.4 Å². The minimum Gasteiger partial charge on any atom is -0.431 e. The van der Waals surface area contributed by atoms with E-state index in [1.807, 2.05) is 18.2 Å². The molecule has 0 radical (unpaired) electrons. The third-order valence-electron chi connectivity index (χ3n) is 2.06. The smallest absolute Gasteiger partial charge is 0.257 e. The topological polar surface area (TPSA) is 84.2 Å². The largest absolute Gasteiger partial charge is 0.431 e. The molecule has 0 aliphatic rings. The number of para-hydroxylation sites is 2. The molecule has 6 nitrogen and oxygen atoms in total. The molecule has 0 saturated heterocycles. The number of carbonyl (C=O) groups is 2. The number of alkyl halides is 1. The molecule has 0 spiro atoms. The Morgan fingerprint density at radius 3 is 2.74 bits per heavy atom. The molecule has 2 N–H and O–H groups in total. The van der Waals surface area contributed by atoms with E-state index in [-0.39, 0.29) is 17.5 Å². The third kappa shape index (κ3) is 3.87. The van der Waals surface area contributed by atoms with Gasteiger partial charge in [0.1, 0.15) is 11.4 Å². The lowest BCUT2D eigenvalue weighted by Crippen LogP contribution is -2.43. The fourth-order valence-corrected chi connectivity index (χ4v) is 1.95. The highest BCUT2D eigenvalue weighted by molar-refractivity contribution is 7.99. The van der Waals surface area contributed by atoms with Crippen LogP contribution in [0.5, 0.6) is 0 Å². The minimum absolute atomic E-state index is 0.0788. The number of nitrogens with zero attached hydrogens (tertiary/aromatic N) is 1. The molecule has 2 aromatic rings. The lowest BCUT2D eigenvalue weighted by molar-refractivity contribution is -0.126. The van der Waals surface area contributed by atoms with Gasteiger partial charge in [0.15, 0.2) is 5.58 Å². The van der Waals surface area contributed by atoms with Gasteiger partial charge in [-0.15, -0.1) is 11.6 Å². The number of oxazole rings is 1. The summed E-state index contributed by atoms with van der Waals surface area (Å²) >= 11 is 6.40. The zero-order valence-corrected chi connectivity index (χ0v) is 11.3. The summed E-state index contributed by atoms with van der Waals surface area (Å²) in [5.41, 5.74) is 5.79. The fourth-order valence-electron chi connectivity index (χ4n) is 1.25. The first kappa shape index (κ1) is 13.7. The van der Waals surface area contributed by atoms with Crippen LogP contribution in [0.3, 0.4) is 0 Å². The van der Waals surface area contributed by atoms with Crippen molar-refractivity contribution in [2.24, 2.45) is 0 Å². The van der Waals surface area contributed by atoms with E-state index in [1.165, 1.54) is 0 Å². The number of hydrogen-bond acceptors (Lipinski definition) is 5. The van der Waals surface area contributed by atoms with E-state index in [0.717, 1.165) is 17.3 Å². The van der Waals surface area contributed by atoms with E-state index in [9.17, 15) is 9.59 Å². The molecule has 0 aliphatic heterocycles. The van der Waals surface area contributed by atoms with Gasteiger partial charge in [-0.3, -0.25) is 20.4 Å². The number of amides is 2. The summed E-state index contributed by atoms with van der Waals surface area (Å²) in [6.45, 7) is 0. The van der Waals surface area contributed by atoms with Crippen molar-refractivity contribution in [3.05, 3.63) is 24.3 Å². The SMILES string of the molecule is O=C(CCl)NNC(=O)CSc1nc2ccccc2o1. The first-order chi connectivity index (χ1) is 9.19. The Morgan fingerprint density at radius 2 is 2.00 bits per heavy atom. The Labute approximate surface area is 117 Å². The third-order valence-corrected chi connectivity index (χ3v) is 3.13. The summed E-state index contributed by atoms with van der Waals surface area (Å²) in [6.07, 6.45) is 0. The molecule has 0 saturated carbocycles. The Kier molecular flexibility index (Phi) is 4.64. The van der Waals surface area contributed by atoms with Gasteiger partial charge in [0.25, 0.3) is 11.1 Å². The number of carbonyl (C=O) groups excluding carboxylic acids is 2. The molecule has 1 heterocycles. The number of hydrogen-bond donors (Lipinski definition) is 2. The van der Waals surface area contributed by atoms with Crippen molar-refractivity contribution in [1.29, 1.82) is 0 Å². The lowest BCUT2D eigenvalue weighted by atomic mass is 10.3. The number of halogens is 1. The van der Waals surface area contributed by atoms with E-state index in [1.54, 1.807) is 6.07 Å². The summed E-state index contributed by atoms with van der Waals surface area (Å²) in [6, 6.07) is 7.32. The number of hydrazine groups is 1. The van der Waals surface area contributed by atoms with Crippen LogP contribution in [0.15, 0.2) is 33.9 Å². The zero-order chi connectivity index (χ0) is 13.7. The Bertz CT molecular complexity index is 569. The average Bonchev–Trinajstić information content (AvgIpc) is 2.85. The van der Waals surface area contributed by atoms with Crippen molar-refractivity contribution in [3.8, 4) is 0 Å². The molecule has 0 atom stereocenters. The van der Waals surface area contributed by atoms with Gasteiger partial charge < -0.3 is 4.42 Å². The molecule has 100 valence electrons. The number of benzene rings is 1. The first-order valence-electron chi connectivity index (χ1n) is 5.31. The van der Waals surface area contributed by atoms with E-state index in [0.29, 0.717) is 10.8 Å². The van der Waals surface area contributed by atoms with Crippen LogP contribution in [0.4, 0.5) is 0 Å². The first-order valence-corrected chi connectivity index (χ1v) is 6.83. The van der Waals surface area contributed by atoms with Gasteiger partial charge in [-0.05, 0) is 12.1 Å². The van der Waals surface area contributed by atoms with Gasteiger partial charge in [0.2, 0.25) is 5.91 Å². The van der Waals surface area contributed by atoms with E-state index in [2.05, 4.69) is 15.8 Å². The van der Waals surface area contributed by atoms with Crippen LogP contribution in [-0.2, 0) is 9.59 Å². The zero-order valence-electron chi connectivity index (χ0n) is 9.68. The molecule has 0 fully saturated rings. The number of nitrogens with one attached hydrogen (secondary N) is 2.